The number of nitrogens with two attached hydrogens (primary N) is 1. The fraction of sp³-hybridized carbons (Fsp3) is 0.700. The van der Waals surface area contributed by atoms with E-state index in [1.807, 2.05) is 23.4 Å². The number of rotatable bonds is 3. The Hall–Kier alpha value is -0.840. The van der Waals surface area contributed by atoms with Crippen LogP contribution in [-0.4, -0.2) is 27.3 Å². The van der Waals surface area contributed by atoms with Gasteiger partial charge in [0.1, 0.15) is 5.82 Å². The van der Waals surface area contributed by atoms with E-state index < -0.39 is 0 Å². The summed E-state index contributed by atoms with van der Waals surface area (Å²) in [5, 5.41) is 7.90. The van der Waals surface area contributed by atoms with E-state index in [4.69, 9.17) is 5.73 Å². The van der Waals surface area contributed by atoms with Crippen LogP contribution in [0.25, 0.3) is 0 Å². The molecule has 3 N–H and O–H groups in total. The molecule has 0 aromatic carbocycles. The number of nitrogens with zero attached hydrogens (tertiary/aromatic N) is 2. The molecule has 1 unspecified atom stereocenters. The first kappa shape index (κ1) is 10.7. The van der Waals surface area contributed by atoms with Crippen molar-refractivity contribution in [2.75, 3.05) is 22.6 Å². The van der Waals surface area contributed by atoms with Gasteiger partial charge < -0.3 is 11.1 Å². The molecule has 0 radical (unpaired) electrons. The summed E-state index contributed by atoms with van der Waals surface area (Å²) in [7, 11) is 0. The molecule has 0 bridgehead atoms. The number of thioether (sulfide) groups is 1. The molecule has 2 rings (SSSR count). The third kappa shape index (κ3) is 2.07. The van der Waals surface area contributed by atoms with Crippen LogP contribution in [0.1, 0.15) is 19.0 Å². The Kier molecular flexibility index (Phi) is 3.09. The van der Waals surface area contributed by atoms with Crippen molar-refractivity contribution in [3.8, 4) is 0 Å². The van der Waals surface area contributed by atoms with Gasteiger partial charge in [-0.1, -0.05) is 0 Å². The van der Waals surface area contributed by atoms with Crippen LogP contribution in [-0.2, 0) is 6.54 Å². The van der Waals surface area contributed by atoms with Crippen LogP contribution >= 0.6 is 11.8 Å². The molecule has 1 saturated heterocycles. The highest BCUT2D eigenvalue weighted by atomic mass is 32.2. The van der Waals surface area contributed by atoms with Crippen molar-refractivity contribution in [2.24, 2.45) is 0 Å². The molecule has 1 atom stereocenters. The Morgan fingerprint density at radius 1 is 1.67 bits per heavy atom. The minimum absolute atomic E-state index is 0.554. The van der Waals surface area contributed by atoms with Gasteiger partial charge in [-0.3, -0.25) is 0 Å². The SMILES string of the molecule is CCn1nc(C)c(N)c1NC1CCSC1. The maximum absolute atomic E-state index is 6.00. The van der Waals surface area contributed by atoms with Crippen LogP contribution in [0.3, 0.4) is 0 Å². The lowest BCUT2D eigenvalue weighted by atomic mass is 10.2. The normalized spacial score (nSPS) is 20.8. The maximum Gasteiger partial charge on any atom is 0.148 e. The van der Waals surface area contributed by atoms with Crippen molar-refractivity contribution in [3.05, 3.63) is 5.69 Å². The molecule has 84 valence electrons. The van der Waals surface area contributed by atoms with Gasteiger partial charge in [-0.05, 0) is 26.0 Å². The summed E-state index contributed by atoms with van der Waals surface area (Å²) in [6, 6.07) is 0.554. The highest BCUT2D eigenvalue weighted by Gasteiger charge is 2.19. The Morgan fingerprint density at radius 2 is 2.47 bits per heavy atom. The van der Waals surface area contributed by atoms with Crippen molar-refractivity contribution in [1.29, 1.82) is 0 Å². The van der Waals surface area contributed by atoms with E-state index in [0.29, 0.717) is 6.04 Å². The maximum atomic E-state index is 6.00. The van der Waals surface area contributed by atoms with E-state index in [0.717, 1.165) is 23.7 Å². The van der Waals surface area contributed by atoms with Crippen molar-refractivity contribution in [2.45, 2.75) is 32.9 Å². The first-order valence-corrected chi connectivity index (χ1v) is 6.55. The van der Waals surface area contributed by atoms with Gasteiger partial charge in [0.25, 0.3) is 0 Å². The first-order chi connectivity index (χ1) is 7.22. The highest BCUT2D eigenvalue weighted by Crippen LogP contribution is 2.26. The van der Waals surface area contributed by atoms with Gasteiger partial charge in [0, 0.05) is 18.3 Å². The van der Waals surface area contributed by atoms with Crippen molar-refractivity contribution in [1.82, 2.24) is 9.78 Å². The lowest BCUT2D eigenvalue weighted by Gasteiger charge is -2.14. The van der Waals surface area contributed by atoms with Gasteiger partial charge in [-0.2, -0.15) is 16.9 Å². The van der Waals surface area contributed by atoms with Gasteiger partial charge in [0.15, 0.2) is 0 Å². The lowest BCUT2D eigenvalue weighted by molar-refractivity contribution is 0.649. The zero-order chi connectivity index (χ0) is 10.8. The molecule has 1 aromatic rings. The van der Waals surface area contributed by atoms with Gasteiger partial charge in [-0.25, -0.2) is 4.68 Å². The van der Waals surface area contributed by atoms with Gasteiger partial charge in [-0.15, -0.1) is 0 Å². The number of nitrogens with one attached hydrogen (secondary N) is 1. The summed E-state index contributed by atoms with van der Waals surface area (Å²) < 4.78 is 1.95. The van der Waals surface area contributed by atoms with Gasteiger partial charge >= 0.3 is 0 Å². The molecule has 0 aliphatic carbocycles. The molecule has 0 saturated carbocycles. The molecule has 1 aromatic heterocycles. The van der Waals surface area contributed by atoms with Crippen LogP contribution in [0.2, 0.25) is 0 Å². The van der Waals surface area contributed by atoms with Crippen LogP contribution in [0.15, 0.2) is 0 Å². The smallest absolute Gasteiger partial charge is 0.148 e. The summed E-state index contributed by atoms with van der Waals surface area (Å²) in [6.07, 6.45) is 1.22. The fourth-order valence-electron chi connectivity index (χ4n) is 1.82. The number of aryl methyl sites for hydroxylation is 2. The summed E-state index contributed by atoms with van der Waals surface area (Å²) in [4.78, 5) is 0. The quantitative estimate of drug-likeness (QED) is 0.824. The number of hydrogen-bond acceptors (Lipinski definition) is 4. The van der Waals surface area contributed by atoms with E-state index in [9.17, 15) is 0 Å². The minimum Gasteiger partial charge on any atom is -0.394 e. The molecule has 0 amide bonds. The number of nitrogen functional groups attached to an aromatic ring is 1. The highest BCUT2D eigenvalue weighted by molar-refractivity contribution is 7.99. The summed E-state index contributed by atoms with van der Waals surface area (Å²) in [5.41, 5.74) is 7.73. The van der Waals surface area contributed by atoms with Crippen molar-refractivity contribution >= 4 is 23.3 Å². The molecule has 0 spiro atoms. The third-order valence-corrected chi connectivity index (χ3v) is 3.91. The Morgan fingerprint density at radius 3 is 3.07 bits per heavy atom. The zero-order valence-corrected chi connectivity index (χ0v) is 10.1. The molecule has 1 aliphatic rings. The second-order valence-electron chi connectivity index (χ2n) is 3.87. The standard InChI is InChI=1S/C10H18N4S/c1-3-14-10(9(11)7(2)13-14)12-8-4-5-15-6-8/h8,12H,3-6,11H2,1-2H3. The number of anilines is 2. The molecule has 2 heterocycles. The van der Waals surface area contributed by atoms with Crippen LogP contribution in [0.4, 0.5) is 11.5 Å². The molecule has 4 nitrogen and oxygen atoms in total. The second kappa shape index (κ2) is 4.35. The van der Waals surface area contributed by atoms with Gasteiger partial charge in [0.2, 0.25) is 0 Å². The molecule has 15 heavy (non-hydrogen) atoms. The van der Waals surface area contributed by atoms with Crippen molar-refractivity contribution in [3.63, 3.8) is 0 Å². The van der Waals surface area contributed by atoms with Crippen LogP contribution in [0, 0.1) is 6.92 Å². The largest absolute Gasteiger partial charge is 0.394 e. The third-order valence-electron chi connectivity index (χ3n) is 2.74. The monoisotopic (exact) mass is 226 g/mol. The number of hydrogen-bond donors (Lipinski definition) is 2. The zero-order valence-electron chi connectivity index (χ0n) is 9.29. The average Bonchev–Trinajstić information content (AvgIpc) is 2.82. The second-order valence-corrected chi connectivity index (χ2v) is 5.02. The fourth-order valence-corrected chi connectivity index (χ4v) is 2.97. The predicted octanol–water partition coefficient (Wildman–Crippen LogP) is 1.71. The Bertz CT molecular complexity index is 341. The molecular weight excluding hydrogens is 208 g/mol. The van der Waals surface area contributed by atoms with E-state index in [-0.39, 0.29) is 0 Å². The Balaban J connectivity index is 2.17. The predicted molar refractivity (Wildman–Crippen MR) is 66.4 cm³/mol. The van der Waals surface area contributed by atoms with Crippen LogP contribution < -0.4 is 11.1 Å². The van der Waals surface area contributed by atoms with Gasteiger partial charge in [0.05, 0.1) is 11.4 Å². The average molecular weight is 226 g/mol. The summed E-state index contributed by atoms with van der Waals surface area (Å²) in [5.74, 6) is 3.42. The molecule has 1 fully saturated rings. The molecular formula is C10H18N4S. The topological polar surface area (TPSA) is 55.9 Å². The van der Waals surface area contributed by atoms with Crippen LogP contribution in [0.5, 0.6) is 0 Å². The first-order valence-electron chi connectivity index (χ1n) is 5.39. The van der Waals surface area contributed by atoms with Crippen molar-refractivity contribution < 1.29 is 0 Å². The molecule has 5 heteroatoms. The summed E-state index contributed by atoms with van der Waals surface area (Å²) in [6.45, 7) is 4.90. The van der Waals surface area contributed by atoms with E-state index in [1.165, 1.54) is 17.9 Å². The van der Waals surface area contributed by atoms with E-state index >= 15 is 0 Å². The van der Waals surface area contributed by atoms with E-state index in [2.05, 4.69) is 17.3 Å². The summed E-state index contributed by atoms with van der Waals surface area (Å²) >= 11 is 1.99. The minimum atomic E-state index is 0.554. The van der Waals surface area contributed by atoms with E-state index in [1.54, 1.807) is 0 Å². The Labute approximate surface area is 94.6 Å². The number of aromatic nitrogens is 2. The lowest BCUT2D eigenvalue weighted by Crippen LogP contribution is -2.21. The molecule has 1 aliphatic heterocycles.